The van der Waals surface area contributed by atoms with E-state index in [4.69, 9.17) is 0 Å². The van der Waals surface area contributed by atoms with Crippen molar-refractivity contribution in [3.8, 4) is 0 Å². The van der Waals surface area contributed by atoms with Crippen molar-refractivity contribution >= 4 is 23.4 Å². The number of amides is 3. The van der Waals surface area contributed by atoms with E-state index in [0.29, 0.717) is 12.8 Å². The lowest BCUT2D eigenvalue weighted by Gasteiger charge is -2.14. The number of nitrogens with zero attached hydrogens (tertiary/aromatic N) is 1. The summed E-state index contributed by atoms with van der Waals surface area (Å²) in [5.41, 5.74) is -0.267. The summed E-state index contributed by atoms with van der Waals surface area (Å²) in [5, 5.41) is 2.25. The maximum atomic E-state index is 13.5. The van der Waals surface area contributed by atoms with E-state index >= 15 is 0 Å². The highest BCUT2D eigenvalue weighted by Crippen LogP contribution is 2.35. The molecule has 0 spiro atoms. The average molecular weight is 334 g/mol. The van der Waals surface area contributed by atoms with Crippen LogP contribution in [0.1, 0.15) is 19.3 Å². The van der Waals surface area contributed by atoms with Crippen molar-refractivity contribution in [2.45, 2.75) is 19.3 Å². The van der Waals surface area contributed by atoms with Crippen LogP contribution in [0.2, 0.25) is 0 Å². The second-order valence-electron chi connectivity index (χ2n) is 5.91. The number of anilines is 1. The molecule has 1 aliphatic carbocycles. The molecule has 7 heteroatoms. The molecule has 3 rings (SSSR count). The lowest BCUT2D eigenvalue weighted by Crippen LogP contribution is -2.34. The average Bonchev–Trinajstić information content (AvgIpc) is 2.81. The minimum atomic E-state index is -0.754. The molecular weight excluding hydrogens is 318 g/mol. The van der Waals surface area contributed by atoms with Gasteiger partial charge in [0.05, 0.1) is 17.5 Å². The Hall–Kier alpha value is -2.57. The lowest BCUT2D eigenvalue weighted by molar-refractivity contribution is -0.140. The van der Waals surface area contributed by atoms with Crippen LogP contribution in [0.15, 0.2) is 30.4 Å². The molecule has 3 amide bonds. The minimum absolute atomic E-state index is 0.0621. The van der Waals surface area contributed by atoms with Gasteiger partial charge in [0.15, 0.2) is 0 Å². The second-order valence-corrected chi connectivity index (χ2v) is 5.91. The summed E-state index contributed by atoms with van der Waals surface area (Å²) in [6, 6.07) is 2.73. The van der Waals surface area contributed by atoms with Gasteiger partial charge in [-0.05, 0) is 25.0 Å². The maximum absolute atomic E-state index is 13.5. The highest BCUT2D eigenvalue weighted by Gasteiger charge is 2.46. The first-order valence-electron chi connectivity index (χ1n) is 7.72. The van der Waals surface area contributed by atoms with E-state index in [1.165, 1.54) is 0 Å². The van der Waals surface area contributed by atoms with Gasteiger partial charge in [0.1, 0.15) is 11.6 Å². The first-order chi connectivity index (χ1) is 11.5. The van der Waals surface area contributed by atoms with Crippen LogP contribution in [-0.2, 0) is 14.4 Å². The standard InChI is InChI=1S/C17H16F2N2O3/c18-10-5-6-13(19)14(9-10)20-15(22)7-8-21-16(23)11-3-1-2-4-12(11)17(21)24/h1-2,5-6,9,11-12H,3-4,7-8H2,(H,20,22). The number of halogens is 2. The molecule has 1 aromatic rings. The Bertz CT molecular complexity index is 707. The third-order valence-electron chi connectivity index (χ3n) is 4.36. The summed E-state index contributed by atoms with van der Waals surface area (Å²) in [6.45, 7) is -0.0621. The fourth-order valence-corrected chi connectivity index (χ4v) is 3.11. The SMILES string of the molecule is O=C(CCN1C(=O)C2CC=CCC2C1=O)Nc1cc(F)ccc1F. The largest absolute Gasteiger partial charge is 0.323 e. The number of rotatable bonds is 4. The molecule has 1 aliphatic heterocycles. The van der Waals surface area contributed by atoms with Crippen molar-refractivity contribution in [2.24, 2.45) is 11.8 Å². The molecule has 2 atom stereocenters. The molecule has 0 saturated carbocycles. The van der Waals surface area contributed by atoms with Gasteiger partial charge in [-0.3, -0.25) is 19.3 Å². The van der Waals surface area contributed by atoms with Gasteiger partial charge >= 0.3 is 0 Å². The summed E-state index contributed by atoms with van der Waals surface area (Å²) in [7, 11) is 0. The van der Waals surface area contributed by atoms with Gasteiger partial charge in [-0.1, -0.05) is 12.2 Å². The van der Waals surface area contributed by atoms with Crippen molar-refractivity contribution in [3.05, 3.63) is 42.0 Å². The fourth-order valence-electron chi connectivity index (χ4n) is 3.11. The van der Waals surface area contributed by atoms with E-state index in [1.54, 1.807) is 0 Å². The first-order valence-corrected chi connectivity index (χ1v) is 7.72. The van der Waals surface area contributed by atoms with Gasteiger partial charge in [0.2, 0.25) is 17.7 Å². The van der Waals surface area contributed by atoms with Crippen LogP contribution in [0.4, 0.5) is 14.5 Å². The highest BCUT2D eigenvalue weighted by molar-refractivity contribution is 6.05. The number of benzene rings is 1. The molecule has 1 heterocycles. The van der Waals surface area contributed by atoms with Crippen LogP contribution >= 0.6 is 0 Å². The highest BCUT2D eigenvalue weighted by atomic mass is 19.1. The van der Waals surface area contributed by atoms with Crippen LogP contribution in [-0.4, -0.2) is 29.2 Å². The second kappa shape index (κ2) is 6.51. The molecule has 0 aromatic heterocycles. The molecular formula is C17H16F2N2O3. The third kappa shape index (κ3) is 3.06. The third-order valence-corrected chi connectivity index (χ3v) is 4.36. The van der Waals surface area contributed by atoms with Crippen molar-refractivity contribution in [2.75, 3.05) is 11.9 Å². The normalized spacial score (nSPS) is 22.7. The Morgan fingerprint density at radius 1 is 1.12 bits per heavy atom. The van der Waals surface area contributed by atoms with Gasteiger partial charge in [-0.2, -0.15) is 0 Å². The Labute approximate surface area is 137 Å². The molecule has 1 N–H and O–H groups in total. The number of carbonyl (C=O) groups is 3. The monoisotopic (exact) mass is 334 g/mol. The zero-order valence-electron chi connectivity index (χ0n) is 12.8. The maximum Gasteiger partial charge on any atom is 0.233 e. The number of nitrogens with one attached hydrogen (secondary N) is 1. The number of hydrogen-bond donors (Lipinski definition) is 1. The van der Waals surface area contributed by atoms with E-state index < -0.39 is 17.5 Å². The van der Waals surface area contributed by atoms with E-state index in [0.717, 1.165) is 23.1 Å². The Morgan fingerprint density at radius 3 is 2.38 bits per heavy atom. The predicted molar refractivity (Wildman–Crippen MR) is 81.7 cm³/mol. The number of carbonyl (C=O) groups excluding carboxylic acids is 3. The lowest BCUT2D eigenvalue weighted by atomic mass is 9.85. The molecule has 5 nitrogen and oxygen atoms in total. The summed E-state index contributed by atoms with van der Waals surface area (Å²) >= 11 is 0. The number of hydrogen-bond acceptors (Lipinski definition) is 3. The number of imide groups is 1. The Kier molecular flexibility index (Phi) is 4.42. The number of likely N-dealkylation sites (tertiary alicyclic amines) is 1. The summed E-state index contributed by atoms with van der Waals surface area (Å²) in [6.07, 6.45) is 4.67. The Morgan fingerprint density at radius 2 is 1.75 bits per heavy atom. The first kappa shape index (κ1) is 16.3. The Balaban J connectivity index is 1.59. The molecule has 1 saturated heterocycles. The molecule has 0 bridgehead atoms. The van der Waals surface area contributed by atoms with Crippen molar-refractivity contribution in [3.63, 3.8) is 0 Å². The zero-order chi connectivity index (χ0) is 17.3. The number of fused-ring (bicyclic) bond motifs is 1. The predicted octanol–water partition coefficient (Wildman–Crippen LogP) is 2.24. The van der Waals surface area contributed by atoms with Crippen LogP contribution in [0.3, 0.4) is 0 Å². The quantitative estimate of drug-likeness (QED) is 0.678. The van der Waals surface area contributed by atoms with Crippen LogP contribution in [0, 0.1) is 23.5 Å². The molecule has 1 fully saturated rings. The van der Waals surface area contributed by atoms with E-state index in [-0.39, 0.29) is 42.3 Å². The van der Waals surface area contributed by atoms with E-state index in [9.17, 15) is 23.2 Å². The van der Waals surface area contributed by atoms with Gasteiger partial charge in [-0.15, -0.1) is 0 Å². The molecule has 0 radical (unpaired) electrons. The van der Waals surface area contributed by atoms with Gasteiger partial charge < -0.3 is 5.32 Å². The fraction of sp³-hybridized carbons (Fsp3) is 0.353. The van der Waals surface area contributed by atoms with E-state index in [2.05, 4.69) is 5.32 Å². The summed E-state index contributed by atoms with van der Waals surface area (Å²) in [5.74, 6) is -3.23. The number of allylic oxidation sites excluding steroid dienone is 2. The van der Waals surface area contributed by atoms with E-state index in [1.807, 2.05) is 12.2 Å². The van der Waals surface area contributed by atoms with Crippen molar-refractivity contribution < 1.29 is 23.2 Å². The molecule has 126 valence electrons. The molecule has 2 aliphatic rings. The van der Waals surface area contributed by atoms with Crippen LogP contribution in [0.25, 0.3) is 0 Å². The zero-order valence-corrected chi connectivity index (χ0v) is 12.8. The van der Waals surface area contributed by atoms with Crippen LogP contribution in [0.5, 0.6) is 0 Å². The topological polar surface area (TPSA) is 66.5 Å². The molecule has 24 heavy (non-hydrogen) atoms. The van der Waals surface area contributed by atoms with Crippen molar-refractivity contribution in [1.29, 1.82) is 0 Å². The van der Waals surface area contributed by atoms with Gasteiger partial charge in [-0.25, -0.2) is 8.78 Å². The molecule has 1 aromatic carbocycles. The van der Waals surface area contributed by atoms with Gasteiger partial charge in [0, 0.05) is 19.0 Å². The van der Waals surface area contributed by atoms with Gasteiger partial charge in [0.25, 0.3) is 0 Å². The smallest absolute Gasteiger partial charge is 0.233 e. The molecule has 2 unspecified atom stereocenters. The summed E-state index contributed by atoms with van der Waals surface area (Å²) in [4.78, 5) is 37.5. The van der Waals surface area contributed by atoms with Crippen LogP contribution < -0.4 is 5.32 Å². The summed E-state index contributed by atoms with van der Waals surface area (Å²) < 4.78 is 26.6. The van der Waals surface area contributed by atoms with Crippen molar-refractivity contribution in [1.82, 2.24) is 4.90 Å². The minimum Gasteiger partial charge on any atom is -0.323 e.